The first-order valence-electron chi connectivity index (χ1n) is 5.24. The summed E-state index contributed by atoms with van der Waals surface area (Å²) >= 11 is 0. The summed E-state index contributed by atoms with van der Waals surface area (Å²) in [5.74, 6) is 0.741. The third-order valence-electron chi connectivity index (χ3n) is 2.39. The highest BCUT2D eigenvalue weighted by molar-refractivity contribution is 6.10. The van der Waals surface area contributed by atoms with Crippen molar-refractivity contribution in [1.82, 2.24) is 0 Å². The number of carbonyl (C=O) groups excluding carboxylic acids is 1. The van der Waals surface area contributed by atoms with Crippen LogP contribution in [0.2, 0.25) is 0 Å². The molecular formula is C12H8N4O3. The number of hydrazone groups is 1. The molecule has 0 spiro atoms. The molecule has 0 saturated heterocycles. The zero-order chi connectivity index (χ0) is 13.8. The molecule has 1 aliphatic rings. The molecule has 1 aliphatic heterocycles. The van der Waals surface area contributed by atoms with Crippen molar-refractivity contribution in [3.63, 3.8) is 0 Å². The molecule has 0 radical (unpaired) electrons. The molecule has 94 valence electrons. The molecule has 2 rings (SSSR count). The second-order valence-corrected chi connectivity index (χ2v) is 3.60. The van der Waals surface area contributed by atoms with E-state index in [0.717, 1.165) is 0 Å². The first kappa shape index (κ1) is 12.4. The van der Waals surface area contributed by atoms with Crippen LogP contribution >= 0.6 is 0 Å². The third-order valence-corrected chi connectivity index (χ3v) is 2.39. The van der Waals surface area contributed by atoms with Gasteiger partial charge in [-0.05, 0) is 13.0 Å². The first-order valence-corrected chi connectivity index (χ1v) is 5.24. The van der Waals surface area contributed by atoms with Crippen LogP contribution in [0.1, 0.15) is 17.3 Å². The Morgan fingerprint density at radius 3 is 2.53 bits per heavy atom. The van der Waals surface area contributed by atoms with Crippen LogP contribution in [0.15, 0.2) is 17.2 Å². The molecule has 0 atom stereocenters. The number of anilines is 1. The molecule has 1 aromatic rings. The maximum absolute atomic E-state index is 11.5. The lowest BCUT2D eigenvalue weighted by Gasteiger charge is -2.07. The van der Waals surface area contributed by atoms with E-state index in [1.807, 2.05) is 0 Å². The van der Waals surface area contributed by atoms with Gasteiger partial charge in [-0.1, -0.05) is 0 Å². The topological polar surface area (TPSA) is 108 Å². The summed E-state index contributed by atoms with van der Waals surface area (Å²) < 4.78 is 10.4. The molecule has 0 amide bonds. The minimum absolute atomic E-state index is 0.0844. The molecule has 0 saturated carbocycles. The molecule has 7 heteroatoms. The van der Waals surface area contributed by atoms with Gasteiger partial charge < -0.3 is 9.47 Å². The SMILES string of the molecule is CC(=O)c1cc2c(cc1NN=C(C#N)C#N)OCO2. The Bertz CT molecular complexity index is 636. The van der Waals surface area contributed by atoms with Gasteiger partial charge in [-0.2, -0.15) is 15.6 Å². The average molecular weight is 256 g/mol. The van der Waals surface area contributed by atoms with Crippen molar-refractivity contribution in [2.45, 2.75) is 6.92 Å². The number of carbonyl (C=O) groups is 1. The summed E-state index contributed by atoms with van der Waals surface area (Å²) in [5.41, 5.74) is 2.86. The summed E-state index contributed by atoms with van der Waals surface area (Å²) in [7, 11) is 0. The molecule has 0 bridgehead atoms. The van der Waals surface area contributed by atoms with E-state index in [4.69, 9.17) is 20.0 Å². The Labute approximate surface area is 108 Å². The standard InChI is InChI=1S/C12H8N4O3/c1-7(17)9-2-11-12(19-6-18-11)3-10(9)16-15-8(4-13)5-14/h2-3,16H,6H2,1H3. The van der Waals surface area contributed by atoms with Gasteiger partial charge in [0.15, 0.2) is 17.3 Å². The van der Waals surface area contributed by atoms with Crippen LogP contribution < -0.4 is 14.9 Å². The Balaban J connectivity index is 2.40. The van der Waals surface area contributed by atoms with Crippen LogP contribution in [-0.2, 0) is 0 Å². The van der Waals surface area contributed by atoms with Gasteiger partial charge in [0, 0.05) is 11.6 Å². The van der Waals surface area contributed by atoms with Crippen LogP contribution in [0.5, 0.6) is 11.5 Å². The Kier molecular flexibility index (Phi) is 3.31. The maximum atomic E-state index is 11.5. The van der Waals surface area contributed by atoms with Gasteiger partial charge >= 0.3 is 0 Å². The minimum atomic E-state index is -0.341. The summed E-state index contributed by atoms with van der Waals surface area (Å²) in [6, 6.07) is 6.28. The van der Waals surface area contributed by atoms with Crippen molar-refractivity contribution in [2.24, 2.45) is 5.10 Å². The van der Waals surface area contributed by atoms with Gasteiger partial charge in [-0.15, -0.1) is 0 Å². The molecule has 1 N–H and O–H groups in total. The highest BCUT2D eigenvalue weighted by Crippen LogP contribution is 2.37. The molecule has 0 aliphatic carbocycles. The second-order valence-electron chi connectivity index (χ2n) is 3.60. The summed E-state index contributed by atoms with van der Waals surface area (Å²) in [6.45, 7) is 1.48. The van der Waals surface area contributed by atoms with E-state index in [1.54, 1.807) is 12.1 Å². The summed E-state index contributed by atoms with van der Waals surface area (Å²) in [5, 5.41) is 20.8. The molecule has 1 aromatic carbocycles. The van der Waals surface area contributed by atoms with Crippen LogP contribution in [0, 0.1) is 22.7 Å². The minimum Gasteiger partial charge on any atom is -0.454 e. The van der Waals surface area contributed by atoms with Crippen LogP contribution in [0.4, 0.5) is 5.69 Å². The van der Waals surface area contributed by atoms with Crippen LogP contribution in [-0.4, -0.2) is 18.3 Å². The number of rotatable bonds is 3. The number of Topliss-reactive ketones (excluding diaryl/α,β-unsaturated/α-hetero) is 1. The number of nitrogens with one attached hydrogen (secondary N) is 1. The quantitative estimate of drug-likeness (QED) is 0.498. The predicted molar refractivity (Wildman–Crippen MR) is 64.9 cm³/mol. The van der Waals surface area contributed by atoms with E-state index in [9.17, 15) is 4.79 Å². The monoisotopic (exact) mass is 256 g/mol. The average Bonchev–Trinajstić information content (AvgIpc) is 2.85. The number of ether oxygens (including phenoxy) is 2. The van der Waals surface area contributed by atoms with E-state index in [2.05, 4.69) is 10.5 Å². The van der Waals surface area contributed by atoms with Gasteiger partial charge in [0.05, 0.1) is 5.69 Å². The van der Waals surface area contributed by atoms with Gasteiger partial charge in [0.1, 0.15) is 12.1 Å². The number of benzene rings is 1. The van der Waals surface area contributed by atoms with Crippen molar-refractivity contribution < 1.29 is 14.3 Å². The molecule has 1 heterocycles. The fourth-order valence-corrected chi connectivity index (χ4v) is 1.52. The second kappa shape index (κ2) is 5.07. The van der Waals surface area contributed by atoms with Gasteiger partial charge in [-0.3, -0.25) is 10.2 Å². The maximum Gasteiger partial charge on any atom is 0.237 e. The largest absolute Gasteiger partial charge is 0.454 e. The van der Waals surface area contributed by atoms with E-state index in [1.165, 1.54) is 19.1 Å². The van der Waals surface area contributed by atoms with E-state index in [-0.39, 0.29) is 18.3 Å². The lowest BCUT2D eigenvalue weighted by molar-refractivity contribution is 0.101. The van der Waals surface area contributed by atoms with Gasteiger partial charge in [0.25, 0.3) is 0 Å². The fourth-order valence-electron chi connectivity index (χ4n) is 1.52. The molecule has 7 nitrogen and oxygen atoms in total. The lowest BCUT2D eigenvalue weighted by atomic mass is 10.1. The zero-order valence-corrected chi connectivity index (χ0v) is 9.93. The normalized spacial score (nSPS) is 11.1. The molecule has 0 unspecified atom stereocenters. The van der Waals surface area contributed by atoms with Crippen LogP contribution in [0.25, 0.3) is 0 Å². The van der Waals surface area contributed by atoms with E-state index in [0.29, 0.717) is 22.7 Å². The lowest BCUT2D eigenvalue weighted by Crippen LogP contribution is -2.02. The van der Waals surface area contributed by atoms with Crippen LogP contribution in [0.3, 0.4) is 0 Å². The highest BCUT2D eigenvalue weighted by atomic mass is 16.7. The number of ketones is 1. The number of hydrogen-bond acceptors (Lipinski definition) is 7. The van der Waals surface area contributed by atoms with Crippen molar-refractivity contribution in [3.05, 3.63) is 17.7 Å². The Hall–Kier alpha value is -3.06. The van der Waals surface area contributed by atoms with Crippen molar-refractivity contribution in [1.29, 1.82) is 10.5 Å². The molecular weight excluding hydrogens is 248 g/mol. The van der Waals surface area contributed by atoms with Gasteiger partial charge in [-0.25, -0.2) is 0 Å². The molecule has 0 fully saturated rings. The van der Waals surface area contributed by atoms with Crippen molar-refractivity contribution in [3.8, 4) is 23.6 Å². The number of nitriles is 2. The first-order chi connectivity index (χ1) is 9.15. The van der Waals surface area contributed by atoms with E-state index >= 15 is 0 Å². The molecule has 19 heavy (non-hydrogen) atoms. The Morgan fingerprint density at radius 1 is 1.32 bits per heavy atom. The summed E-state index contributed by atoms with van der Waals surface area (Å²) in [4.78, 5) is 11.5. The Morgan fingerprint density at radius 2 is 1.95 bits per heavy atom. The fraction of sp³-hybridized carbons (Fsp3) is 0.167. The van der Waals surface area contributed by atoms with Gasteiger partial charge in [0.2, 0.25) is 12.5 Å². The number of fused-ring (bicyclic) bond motifs is 1. The predicted octanol–water partition coefficient (Wildman–Crippen LogP) is 1.43. The van der Waals surface area contributed by atoms with E-state index < -0.39 is 0 Å². The molecule has 0 aromatic heterocycles. The number of hydrogen-bond donors (Lipinski definition) is 1. The van der Waals surface area contributed by atoms with Crippen molar-refractivity contribution in [2.75, 3.05) is 12.2 Å². The third kappa shape index (κ3) is 2.45. The van der Waals surface area contributed by atoms with Crippen molar-refractivity contribution >= 4 is 17.2 Å². The number of nitrogens with zero attached hydrogens (tertiary/aromatic N) is 3. The summed E-state index contributed by atoms with van der Waals surface area (Å²) in [6.07, 6.45) is 0. The zero-order valence-electron chi connectivity index (χ0n) is 9.93. The highest BCUT2D eigenvalue weighted by Gasteiger charge is 2.19. The smallest absolute Gasteiger partial charge is 0.237 e.